The van der Waals surface area contributed by atoms with Crippen molar-refractivity contribution in [3.63, 3.8) is 0 Å². The van der Waals surface area contributed by atoms with Crippen molar-refractivity contribution in [2.75, 3.05) is 0 Å². The Bertz CT molecular complexity index is 947. The van der Waals surface area contributed by atoms with E-state index in [1.54, 1.807) is 6.92 Å². The normalized spacial score (nSPS) is 10.6. The molecule has 0 aromatic heterocycles. The third-order valence-corrected chi connectivity index (χ3v) is 5.08. The molecule has 29 heavy (non-hydrogen) atoms. The van der Waals surface area contributed by atoms with Crippen molar-refractivity contribution in [2.45, 2.75) is 46.8 Å². The molecule has 0 saturated heterocycles. The smallest absolute Gasteiger partial charge is 0.130 e. The molecule has 0 radical (unpaired) electrons. The topological polar surface area (TPSA) is 35.5 Å². The fraction of sp³-hybridized carbons (Fsp3) is 0.269. The molecule has 3 rings (SSSR count). The van der Waals surface area contributed by atoms with E-state index in [1.807, 2.05) is 42.5 Å². The fourth-order valence-electron chi connectivity index (χ4n) is 3.24. The Labute approximate surface area is 173 Å². The maximum absolute atomic E-state index is 11.6. The van der Waals surface area contributed by atoms with Crippen LogP contribution < -0.4 is 9.47 Å². The Kier molecular flexibility index (Phi) is 7.07. The zero-order chi connectivity index (χ0) is 20.6. The van der Waals surface area contributed by atoms with E-state index in [4.69, 9.17) is 9.47 Å². The number of hydrogen-bond acceptors (Lipinski definition) is 3. The van der Waals surface area contributed by atoms with Gasteiger partial charge in [-0.05, 0) is 61.1 Å². The molecule has 0 fully saturated rings. The van der Waals surface area contributed by atoms with Crippen LogP contribution in [0.2, 0.25) is 0 Å². The van der Waals surface area contributed by atoms with Gasteiger partial charge in [0, 0.05) is 6.42 Å². The molecule has 0 aliphatic heterocycles. The van der Waals surface area contributed by atoms with Gasteiger partial charge in [0.1, 0.15) is 30.5 Å². The van der Waals surface area contributed by atoms with Gasteiger partial charge < -0.3 is 14.3 Å². The lowest BCUT2D eigenvalue weighted by Crippen LogP contribution is -2.06. The highest BCUT2D eigenvalue weighted by Crippen LogP contribution is 2.35. The number of carbonyl (C=O) groups is 1. The van der Waals surface area contributed by atoms with Gasteiger partial charge in [-0.25, -0.2) is 0 Å². The Balaban J connectivity index is 1.85. The highest BCUT2D eigenvalue weighted by atomic mass is 16.5. The molecular weight excluding hydrogens is 360 g/mol. The summed E-state index contributed by atoms with van der Waals surface area (Å²) in [6, 6.07) is 22.3. The second-order valence-corrected chi connectivity index (χ2v) is 7.36. The van der Waals surface area contributed by atoms with E-state index < -0.39 is 0 Å². The number of carbonyl (C=O) groups excluding carboxylic acids is 1. The number of aryl methyl sites for hydroxylation is 1. The summed E-state index contributed by atoms with van der Waals surface area (Å²) in [5, 5.41) is 0. The van der Waals surface area contributed by atoms with Crippen LogP contribution in [0.3, 0.4) is 0 Å². The van der Waals surface area contributed by atoms with Gasteiger partial charge in [0.2, 0.25) is 0 Å². The van der Waals surface area contributed by atoms with Gasteiger partial charge in [-0.1, -0.05) is 60.7 Å². The van der Waals surface area contributed by atoms with E-state index in [1.165, 1.54) is 0 Å². The Morgan fingerprint density at radius 3 is 1.90 bits per heavy atom. The minimum atomic E-state index is 0.170. The summed E-state index contributed by atoms with van der Waals surface area (Å²) in [5.41, 5.74) is 5.38. The molecule has 3 heteroatoms. The van der Waals surface area contributed by atoms with Crippen molar-refractivity contribution in [2.24, 2.45) is 0 Å². The number of ketones is 1. The quantitative estimate of drug-likeness (QED) is 0.452. The molecule has 0 aliphatic rings. The predicted molar refractivity (Wildman–Crippen MR) is 116 cm³/mol. The summed E-state index contributed by atoms with van der Waals surface area (Å²) in [7, 11) is 0. The third-order valence-electron chi connectivity index (χ3n) is 5.08. The largest absolute Gasteiger partial charge is 0.489 e. The van der Waals surface area contributed by atoms with Crippen molar-refractivity contribution in [1.82, 2.24) is 0 Å². The highest BCUT2D eigenvalue weighted by Gasteiger charge is 2.16. The van der Waals surface area contributed by atoms with Gasteiger partial charge in [0.15, 0.2) is 0 Å². The van der Waals surface area contributed by atoms with Crippen molar-refractivity contribution < 1.29 is 14.3 Å². The molecule has 0 saturated carbocycles. The fourth-order valence-corrected chi connectivity index (χ4v) is 3.24. The number of ether oxygens (including phenoxy) is 2. The van der Waals surface area contributed by atoms with Gasteiger partial charge in [-0.2, -0.15) is 0 Å². The predicted octanol–water partition coefficient (Wildman–Crippen LogP) is 5.98. The summed E-state index contributed by atoms with van der Waals surface area (Å²) < 4.78 is 12.3. The molecule has 0 bridgehead atoms. The van der Waals surface area contributed by atoms with E-state index in [0.29, 0.717) is 26.1 Å². The Morgan fingerprint density at radius 1 is 0.793 bits per heavy atom. The summed E-state index contributed by atoms with van der Waals surface area (Å²) in [5.74, 6) is 1.88. The van der Waals surface area contributed by atoms with Gasteiger partial charge in [-0.15, -0.1) is 0 Å². The molecule has 0 aliphatic carbocycles. The third kappa shape index (κ3) is 5.71. The molecule has 3 nitrogen and oxygen atoms in total. The zero-order valence-electron chi connectivity index (χ0n) is 17.4. The van der Waals surface area contributed by atoms with E-state index in [9.17, 15) is 4.79 Å². The standard InChI is InChI=1S/C26H28O3/c1-19(27)14-15-24-16-25(28-17-22-10-6-4-7-11-22)20(2)21(3)26(24)29-18-23-12-8-5-9-13-23/h4-13,16H,14-15,17-18H2,1-3H3. The lowest BCUT2D eigenvalue weighted by Gasteiger charge is -2.19. The van der Waals surface area contributed by atoms with Gasteiger partial charge in [0.25, 0.3) is 0 Å². The first-order chi connectivity index (χ1) is 14.0. The van der Waals surface area contributed by atoms with E-state index >= 15 is 0 Å². The maximum atomic E-state index is 11.6. The number of rotatable bonds is 9. The molecular formula is C26H28O3. The minimum absolute atomic E-state index is 0.170. The summed E-state index contributed by atoms with van der Waals surface area (Å²) >= 11 is 0. The molecule has 3 aromatic carbocycles. The summed E-state index contributed by atoms with van der Waals surface area (Å²) in [4.78, 5) is 11.6. The second-order valence-electron chi connectivity index (χ2n) is 7.36. The molecule has 150 valence electrons. The van der Waals surface area contributed by atoms with Crippen LogP contribution in [0.1, 0.15) is 41.2 Å². The Morgan fingerprint density at radius 2 is 1.34 bits per heavy atom. The molecule has 0 heterocycles. The van der Waals surface area contributed by atoms with Gasteiger partial charge in [-0.3, -0.25) is 0 Å². The van der Waals surface area contributed by atoms with Crippen molar-refractivity contribution in [3.05, 3.63) is 94.5 Å². The number of benzene rings is 3. The van der Waals surface area contributed by atoms with Crippen LogP contribution in [-0.2, 0) is 24.4 Å². The average Bonchev–Trinajstić information content (AvgIpc) is 2.74. The molecule has 0 unspecified atom stereocenters. The molecule has 0 amide bonds. The van der Waals surface area contributed by atoms with E-state index in [-0.39, 0.29) is 5.78 Å². The maximum Gasteiger partial charge on any atom is 0.130 e. The monoisotopic (exact) mass is 388 g/mol. The van der Waals surface area contributed by atoms with Crippen LogP contribution in [0.15, 0.2) is 66.7 Å². The lowest BCUT2D eigenvalue weighted by molar-refractivity contribution is -0.116. The first-order valence-electron chi connectivity index (χ1n) is 10.0. The van der Waals surface area contributed by atoms with Crippen LogP contribution in [-0.4, -0.2) is 5.78 Å². The van der Waals surface area contributed by atoms with Crippen LogP contribution >= 0.6 is 0 Å². The van der Waals surface area contributed by atoms with Gasteiger partial charge in [0.05, 0.1) is 0 Å². The molecule has 0 N–H and O–H groups in total. The van der Waals surface area contributed by atoms with Crippen molar-refractivity contribution >= 4 is 5.78 Å². The first kappa shape index (κ1) is 20.7. The van der Waals surface area contributed by atoms with Crippen LogP contribution in [0.4, 0.5) is 0 Å². The average molecular weight is 389 g/mol. The summed E-state index contributed by atoms with van der Waals surface area (Å²) in [6.45, 7) is 6.75. The van der Waals surface area contributed by atoms with Crippen molar-refractivity contribution in [3.8, 4) is 11.5 Å². The number of hydrogen-bond donors (Lipinski definition) is 0. The zero-order valence-corrected chi connectivity index (χ0v) is 17.4. The molecule has 3 aromatic rings. The van der Waals surface area contributed by atoms with Crippen molar-refractivity contribution in [1.29, 1.82) is 0 Å². The van der Waals surface area contributed by atoms with Gasteiger partial charge >= 0.3 is 0 Å². The van der Waals surface area contributed by atoms with E-state index in [0.717, 1.165) is 39.3 Å². The number of Topliss-reactive ketones (excluding diaryl/α,β-unsaturated/α-hetero) is 1. The second kappa shape index (κ2) is 9.92. The lowest BCUT2D eigenvalue weighted by atomic mass is 9.99. The molecule has 0 spiro atoms. The highest BCUT2D eigenvalue weighted by molar-refractivity contribution is 5.76. The molecule has 0 atom stereocenters. The van der Waals surface area contributed by atoms with Crippen LogP contribution in [0.5, 0.6) is 11.5 Å². The summed E-state index contributed by atoms with van der Waals surface area (Å²) in [6.07, 6.45) is 1.13. The SMILES string of the molecule is CC(=O)CCc1cc(OCc2ccccc2)c(C)c(C)c1OCc1ccccc1. The van der Waals surface area contributed by atoms with E-state index in [2.05, 4.69) is 38.1 Å². The van der Waals surface area contributed by atoms with Crippen LogP contribution in [0, 0.1) is 13.8 Å². The Hall–Kier alpha value is -3.07. The minimum Gasteiger partial charge on any atom is -0.489 e. The van der Waals surface area contributed by atoms with Crippen LogP contribution in [0.25, 0.3) is 0 Å². The first-order valence-corrected chi connectivity index (χ1v) is 10.0.